The molecule has 1 aromatic heterocycles. The molecule has 0 aliphatic carbocycles. The lowest BCUT2D eigenvalue weighted by Gasteiger charge is -2.19. The lowest BCUT2D eigenvalue weighted by molar-refractivity contribution is 0.171. The van der Waals surface area contributed by atoms with Gasteiger partial charge in [-0.1, -0.05) is 64.1 Å². The van der Waals surface area contributed by atoms with Gasteiger partial charge < -0.3 is 9.47 Å². The second-order valence-electron chi connectivity index (χ2n) is 4.91. The molecule has 0 amide bonds. The highest BCUT2D eigenvalue weighted by molar-refractivity contribution is 9.10. The SMILES string of the molecule is CCCCSc1nnc(SCc2cc3c(cc2Br)OCCO3)s1. The Kier molecular flexibility index (Phi) is 6.50. The third kappa shape index (κ3) is 4.78. The number of fused-ring (bicyclic) bond motifs is 1. The molecule has 2 heterocycles. The second-order valence-corrected chi connectivity index (χ2v) is 9.31. The molecular formula is C15H17BrN2O2S3. The second kappa shape index (κ2) is 8.60. The zero-order chi connectivity index (χ0) is 16.1. The third-order valence-corrected chi connectivity index (χ3v) is 7.24. The van der Waals surface area contributed by atoms with Gasteiger partial charge in [0.15, 0.2) is 20.2 Å². The maximum Gasteiger partial charge on any atom is 0.175 e. The monoisotopic (exact) mass is 432 g/mol. The Labute approximate surface area is 156 Å². The van der Waals surface area contributed by atoms with E-state index in [1.807, 2.05) is 12.1 Å². The highest BCUT2D eigenvalue weighted by Gasteiger charge is 2.15. The van der Waals surface area contributed by atoms with Crippen molar-refractivity contribution in [2.24, 2.45) is 0 Å². The van der Waals surface area contributed by atoms with Gasteiger partial charge >= 0.3 is 0 Å². The van der Waals surface area contributed by atoms with Crippen molar-refractivity contribution < 1.29 is 9.47 Å². The van der Waals surface area contributed by atoms with Gasteiger partial charge in [0.1, 0.15) is 13.2 Å². The molecule has 0 atom stereocenters. The number of benzene rings is 1. The van der Waals surface area contributed by atoms with E-state index in [1.54, 1.807) is 34.9 Å². The fraction of sp³-hybridized carbons (Fsp3) is 0.467. The van der Waals surface area contributed by atoms with E-state index in [0.29, 0.717) is 13.2 Å². The van der Waals surface area contributed by atoms with Crippen LogP contribution in [-0.4, -0.2) is 29.2 Å². The zero-order valence-electron chi connectivity index (χ0n) is 12.7. The van der Waals surface area contributed by atoms with E-state index in [0.717, 1.165) is 36.2 Å². The number of aromatic nitrogens is 2. The summed E-state index contributed by atoms with van der Waals surface area (Å²) in [6, 6.07) is 4.03. The number of nitrogens with zero attached hydrogens (tertiary/aromatic N) is 2. The van der Waals surface area contributed by atoms with Crippen LogP contribution in [0.3, 0.4) is 0 Å². The number of thioether (sulfide) groups is 2. The van der Waals surface area contributed by atoms with Crippen molar-refractivity contribution in [1.82, 2.24) is 10.2 Å². The predicted octanol–water partition coefficient (Wildman–Crippen LogP) is 5.26. The fourth-order valence-corrected chi connectivity index (χ4v) is 5.79. The summed E-state index contributed by atoms with van der Waals surface area (Å²) in [5, 5.41) is 8.51. The van der Waals surface area contributed by atoms with E-state index < -0.39 is 0 Å². The van der Waals surface area contributed by atoms with Crippen LogP contribution in [0.25, 0.3) is 0 Å². The number of ether oxygens (including phenoxy) is 2. The number of hydrogen-bond donors (Lipinski definition) is 0. The molecule has 1 aromatic carbocycles. The molecular weight excluding hydrogens is 416 g/mol. The summed E-state index contributed by atoms with van der Waals surface area (Å²) in [4.78, 5) is 0. The van der Waals surface area contributed by atoms with Gasteiger partial charge in [-0.2, -0.15) is 0 Å². The Morgan fingerprint density at radius 1 is 1.13 bits per heavy atom. The van der Waals surface area contributed by atoms with Crippen molar-refractivity contribution in [2.75, 3.05) is 19.0 Å². The van der Waals surface area contributed by atoms with Crippen molar-refractivity contribution in [3.05, 3.63) is 22.2 Å². The topological polar surface area (TPSA) is 44.2 Å². The smallest absolute Gasteiger partial charge is 0.175 e. The summed E-state index contributed by atoms with van der Waals surface area (Å²) in [5.74, 6) is 3.57. The average Bonchev–Trinajstić information content (AvgIpc) is 3.01. The zero-order valence-corrected chi connectivity index (χ0v) is 16.7. The summed E-state index contributed by atoms with van der Waals surface area (Å²) < 4.78 is 14.3. The first-order valence-electron chi connectivity index (χ1n) is 7.43. The van der Waals surface area contributed by atoms with E-state index in [9.17, 15) is 0 Å². The first-order valence-corrected chi connectivity index (χ1v) is 11.0. The fourth-order valence-electron chi connectivity index (χ4n) is 1.97. The first kappa shape index (κ1) is 17.4. The molecule has 1 aliphatic rings. The number of unbranched alkanes of at least 4 members (excludes halogenated alkanes) is 1. The van der Waals surface area contributed by atoms with Crippen molar-refractivity contribution in [3.8, 4) is 11.5 Å². The van der Waals surface area contributed by atoms with Crippen LogP contribution in [0.15, 0.2) is 25.3 Å². The van der Waals surface area contributed by atoms with Gasteiger partial charge in [0, 0.05) is 16.0 Å². The Morgan fingerprint density at radius 3 is 2.57 bits per heavy atom. The van der Waals surface area contributed by atoms with Gasteiger partial charge in [0.05, 0.1) is 0 Å². The van der Waals surface area contributed by atoms with Gasteiger partial charge in [0.2, 0.25) is 0 Å². The van der Waals surface area contributed by atoms with Crippen LogP contribution in [0.5, 0.6) is 11.5 Å². The maximum absolute atomic E-state index is 5.65. The Hall–Kier alpha value is -0.440. The van der Waals surface area contributed by atoms with Crippen molar-refractivity contribution in [1.29, 1.82) is 0 Å². The lowest BCUT2D eigenvalue weighted by atomic mass is 10.2. The molecule has 0 saturated carbocycles. The Morgan fingerprint density at radius 2 is 1.83 bits per heavy atom. The average molecular weight is 433 g/mol. The quantitative estimate of drug-likeness (QED) is 0.439. The van der Waals surface area contributed by atoms with Gasteiger partial charge in [-0.25, -0.2) is 0 Å². The Bertz CT molecular complexity index is 666. The standard InChI is InChI=1S/C15H17BrN2O2S3/c1-2-3-6-21-14-17-18-15(23-14)22-9-10-7-12-13(8-11(10)16)20-5-4-19-12/h7-8H,2-6,9H2,1H3. The molecule has 8 heteroatoms. The molecule has 0 N–H and O–H groups in total. The van der Waals surface area contributed by atoms with Crippen LogP contribution in [-0.2, 0) is 5.75 Å². The van der Waals surface area contributed by atoms with E-state index in [4.69, 9.17) is 9.47 Å². The summed E-state index contributed by atoms with van der Waals surface area (Å²) >= 11 is 8.78. The number of rotatable bonds is 7. The minimum Gasteiger partial charge on any atom is -0.486 e. The highest BCUT2D eigenvalue weighted by Crippen LogP contribution is 2.38. The molecule has 0 radical (unpaired) electrons. The molecule has 23 heavy (non-hydrogen) atoms. The van der Waals surface area contributed by atoms with Gasteiger partial charge in [0.25, 0.3) is 0 Å². The normalized spacial score (nSPS) is 13.3. The number of hydrogen-bond acceptors (Lipinski definition) is 7. The minimum atomic E-state index is 0.607. The molecule has 0 saturated heterocycles. The molecule has 4 nitrogen and oxygen atoms in total. The van der Waals surface area contributed by atoms with Gasteiger partial charge in [-0.05, 0) is 24.1 Å². The van der Waals surface area contributed by atoms with Crippen LogP contribution in [0.2, 0.25) is 0 Å². The van der Waals surface area contributed by atoms with Gasteiger partial charge in [-0.15, -0.1) is 10.2 Å². The van der Waals surface area contributed by atoms with E-state index in [-0.39, 0.29) is 0 Å². The summed E-state index contributed by atoms with van der Waals surface area (Å²) in [6.07, 6.45) is 2.43. The molecule has 2 aromatic rings. The van der Waals surface area contributed by atoms with E-state index in [1.165, 1.54) is 18.4 Å². The molecule has 0 fully saturated rings. The lowest BCUT2D eigenvalue weighted by Crippen LogP contribution is -2.15. The minimum absolute atomic E-state index is 0.607. The highest BCUT2D eigenvalue weighted by atomic mass is 79.9. The summed E-state index contributed by atoms with van der Waals surface area (Å²) in [7, 11) is 0. The van der Waals surface area contributed by atoms with Crippen LogP contribution in [0, 0.1) is 0 Å². The summed E-state index contributed by atoms with van der Waals surface area (Å²) in [5.41, 5.74) is 1.18. The third-order valence-electron chi connectivity index (χ3n) is 3.17. The molecule has 0 unspecified atom stereocenters. The van der Waals surface area contributed by atoms with E-state index in [2.05, 4.69) is 33.1 Å². The number of halogens is 1. The summed E-state index contributed by atoms with van der Waals surface area (Å²) in [6.45, 7) is 3.42. The van der Waals surface area contributed by atoms with Crippen LogP contribution in [0.1, 0.15) is 25.3 Å². The van der Waals surface area contributed by atoms with Crippen molar-refractivity contribution in [3.63, 3.8) is 0 Å². The Balaban J connectivity index is 1.60. The van der Waals surface area contributed by atoms with Crippen LogP contribution < -0.4 is 9.47 Å². The molecule has 0 spiro atoms. The largest absolute Gasteiger partial charge is 0.486 e. The van der Waals surface area contributed by atoms with Crippen molar-refractivity contribution in [2.45, 2.75) is 34.2 Å². The maximum atomic E-state index is 5.65. The van der Waals surface area contributed by atoms with Crippen molar-refractivity contribution >= 4 is 50.8 Å². The predicted molar refractivity (Wildman–Crippen MR) is 100 cm³/mol. The molecule has 0 bridgehead atoms. The molecule has 1 aliphatic heterocycles. The van der Waals surface area contributed by atoms with Crippen LogP contribution >= 0.6 is 50.8 Å². The van der Waals surface area contributed by atoms with Crippen LogP contribution in [0.4, 0.5) is 0 Å². The van der Waals surface area contributed by atoms with E-state index >= 15 is 0 Å². The van der Waals surface area contributed by atoms with Gasteiger partial charge in [-0.3, -0.25) is 0 Å². The first-order chi connectivity index (χ1) is 11.3. The molecule has 124 valence electrons. The molecule has 3 rings (SSSR count).